The van der Waals surface area contributed by atoms with E-state index < -0.39 is 0 Å². The van der Waals surface area contributed by atoms with Crippen molar-refractivity contribution in [2.24, 2.45) is 5.92 Å². The Bertz CT molecular complexity index is 460. The van der Waals surface area contributed by atoms with E-state index in [9.17, 15) is 0 Å². The second kappa shape index (κ2) is 6.06. The molecule has 1 fully saturated rings. The monoisotopic (exact) mass is 278 g/mol. The lowest BCUT2D eigenvalue weighted by molar-refractivity contribution is 0.370. The number of aryl methyl sites for hydroxylation is 1. The van der Waals surface area contributed by atoms with Crippen molar-refractivity contribution in [1.82, 2.24) is 20.4 Å². The van der Waals surface area contributed by atoms with Gasteiger partial charge in [-0.2, -0.15) is 5.10 Å². The minimum absolute atomic E-state index is 0.816. The number of hydrogen-bond donors (Lipinski definition) is 2. The first-order chi connectivity index (χ1) is 9.38. The SMILES string of the molecule is CCn1ncc2c1PCC=C2NCC1CCNCC1. The van der Waals surface area contributed by atoms with Crippen LogP contribution in [0.4, 0.5) is 0 Å². The summed E-state index contributed by atoms with van der Waals surface area (Å²) < 4.78 is 2.15. The Morgan fingerprint density at radius 1 is 1.47 bits per heavy atom. The summed E-state index contributed by atoms with van der Waals surface area (Å²) in [6, 6.07) is 0. The van der Waals surface area contributed by atoms with Crippen LogP contribution in [0.3, 0.4) is 0 Å². The van der Waals surface area contributed by atoms with Crippen molar-refractivity contribution in [2.75, 3.05) is 25.8 Å². The fourth-order valence-electron chi connectivity index (χ4n) is 2.88. The van der Waals surface area contributed by atoms with Crippen LogP contribution >= 0.6 is 8.58 Å². The van der Waals surface area contributed by atoms with E-state index in [1.165, 1.54) is 42.6 Å². The normalized spacial score (nSPS) is 21.2. The lowest BCUT2D eigenvalue weighted by Crippen LogP contribution is -2.34. The summed E-state index contributed by atoms with van der Waals surface area (Å²) in [6.45, 7) is 6.59. The highest BCUT2D eigenvalue weighted by Gasteiger charge is 2.19. The molecule has 0 bridgehead atoms. The molecule has 0 aromatic carbocycles. The third kappa shape index (κ3) is 2.85. The number of fused-ring (bicyclic) bond motifs is 1. The number of aromatic nitrogens is 2. The predicted molar refractivity (Wildman–Crippen MR) is 82.3 cm³/mol. The molecule has 1 atom stereocenters. The van der Waals surface area contributed by atoms with Crippen molar-refractivity contribution >= 4 is 19.7 Å². The highest BCUT2D eigenvalue weighted by molar-refractivity contribution is 7.47. The van der Waals surface area contributed by atoms with Gasteiger partial charge in [-0.25, -0.2) is 0 Å². The molecule has 1 aromatic heterocycles. The largest absolute Gasteiger partial charge is 0.384 e. The Hall–Kier alpha value is -0.860. The third-order valence-electron chi connectivity index (χ3n) is 4.04. The molecule has 1 unspecified atom stereocenters. The van der Waals surface area contributed by atoms with E-state index in [1.54, 1.807) is 0 Å². The molecule has 0 radical (unpaired) electrons. The van der Waals surface area contributed by atoms with E-state index in [4.69, 9.17) is 0 Å². The molecule has 0 saturated carbocycles. The molecule has 5 heteroatoms. The van der Waals surface area contributed by atoms with Crippen molar-refractivity contribution in [3.8, 4) is 0 Å². The van der Waals surface area contributed by atoms with Gasteiger partial charge in [0.1, 0.15) is 0 Å². The molecule has 3 heterocycles. The molecule has 0 spiro atoms. The van der Waals surface area contributed by atoms with Gasteiger partial charge in [0.2, 0.25) is 0 Å². The number of nitrogens with one attached hydrogen (secondary N) is 2. The molecule has 2 aliphatic heterocycles. The van der Waals surface area contributed by atoms with Gasteiger partial charge in [-0.05, 0) is 44.9 Å². The number of hydrogen-bond acceptors (Lipinski definition) is 3. The van der Waals surface area contributed by atoms with Crippen LogP contribution in [0.5, 0.6) is 0 Å². The van der Waals surface area contributed by atoms with Crippen molar-refractivity contribution < 1.29 is 0 Å². The Labute approximate surface area is 116 Å². The summed E-state index contributed by atoms with van der Waals surface area (Å²) in [7, 11) is 0.874. The smallest absolute Gasteiger partial charge is 0.0676 e. The Morgan fingerprint density at radius 3 is 3.11 bits per heavy atom. The predicted octanol–water partition coefficient (Wildman–Crippen LogP) is 1.15. The molecule has 3 rings (SSSR count). The highest BCUT2D eigenvalue weighted by atomic mass is 31.1. The van der Waals surface area contributed by atoms with Crippen molar-refractivity contribution in [1.29, 1.82) is 0 Å². The number of nitrogens with zero attached hydrogens (tertiary/aromatic N) is 2. The van der Waals surface area contributed by atoms with Crippen LogP contribution in [-0.2, 0) is 6.54 Å². The van der Waals surface area contributed by atoms with Crippen LogP contribution in [0.1, 0.15) is 25.3 Å². The average molecular weight is 278 g/mol. The zero-order valence-corrected chi connectivity index (χ0v) is 12.6. The molecule has 104 valence electrons. The van der Waals surface area contributed by atoms with Crippen molar-refractivity contribution in [3.05, 3.63) is 17.8 Å². The molecule has 0 amide bonds. The van der Waals surface area contributed by atoms with E-state index in [1.807, 2.05) is 6.20 Å². The van der Waals surface area contributed by atoms with E-state index in [-0.39, 0.29) is 0 Å². The lowest BCUT2D eigenvalue weighted by Gasteiger charge is -2.25. The van der Waals surface area contributed by atoms with Crippen LogP contribution in [0.25, 0.3) is 5.70 Å². The number of allylic oxidation sites excluding steroid dienone is 1. The fraction of sp³-hybridized carbons (Fsp3) is 0.643. The molecule has 2 aliphatic rings. The average Bonchev–Trinajstić information content (AvgIpc) is 2.90. The second-order valence-corrected chi connectivity index (χ2v) is 6.53. The standard InChI is InChI=1S/C14H23N4P/c1-2-18-14-12(10-17-18)13(5-8-19-14)16-9-11-3-6-15-7-4-11/h5,10-11,15-16,19H,2-4,6-9H2,1H3. The molecule has 19 heavy (non-hydrogen) atoms. The van der Waals surface area contributed by atoms with Crippen LogP contribution in [0.2, 0.25) is 0 Å². The van der Waals surface area contributed by atoms with Gasteiger partial charge in [-0.15, -0.1) is 0 Å². The zero-order chi connectivity index (χ0) is 13.1. The second-order valence-electron chi connectivity index (χ2n) is 5.30. The van der Waals surface area contributed by atoms with Gasteiger partial charge in [0.25, 0.3) is 0 Å². The molecular weight excluding hydrogens is 255 g/mol. The summed E-state index contributed by atoms with van der Waals surface area (Å²) in [5, 5.41) is 11.6. The maximum absolute atomic E-state index is 4.49. The van der Waals surface area contributed by atoms with Gasteiger partial charge in [0.15, 0.2) is 0 Å². The van der Waals surface area contributed by atoms with Gasteiger partial charge >= 0.3 is 0 Å². The lowest BCUT2D eigenvalue weighted by atomic mass is 9.98. The van der Waals surface area contributed by atoms with Crippen molar-refractivity contribution in [3.63, 3.8) is 0 Å². The Kier molecular flexibility index (Phi) is 4.19. The zero-order valence-electron chi connectivity index (χ0n) is 11.6. The maximum Gasteiger partial charge on any atom is 0.0676 e. The summed E-state index contributed by atoms with van der Waals surface area (Å²) in [6.07, 6.45) is 8.13. The Morgan fingerprint density at radius 2 is 2.32 bits per heavy atom. The van der Waals surface area contributed by atoms with E-state index in [0.29, 0.717) is 0 Å². The molecule has 4 nitrogen and oxygen atoms in total. The van der Waals surface area contributed by atoms with Crippen LogP contribution in [0, 0.1) is 5.92 Å². The molecular formula is C14H23N4P. The summed E-state index contributed by atoms with van der Waals surface area (Å²) in [5.41, 5.74) is 4.07. The van der Waals surface area contributed by atoms with E-state index >= 15 is 0 Å². The van der Waals surface area contributed by atoms with Crippen LogP contribution < -0.4 is 16.1 Å². The van der Waals surface area contributed by atoms with Gasteiger partial charge in [0, 0.05) is 24.4 Å². The van der Waals surface area contributed by atoms with E-state index in [0.717, 1.165) is 33.8 Å². The minimum atomic E-state index is 0.816. The fourth-order valence-corrected chi connectivity index (χ4v) is 4.16. The highest BCUT2D eigenvalue weighted by Crippen LogP contribution is 2.25. The first kappa shape index (κ1) is 13.1. The molecule has 1 saturated heterocycles. The van der Waals surface area contributed by atoms with Gasteiger partial charge in [-0.1, -0.05) is 14.7 Å². The minimum Gasteiger partial charge on any atom is -0.384 e. The quantitative estimate of drug-likeness (QED) is 0.812. The summed E-state index contributed by atoms with van der Waals surface area (Å²) in [4.78, 5) is 0. The first-order valence-electron chi connectivity index (χ1n) is 7.33. The summed E-state index contributed by atoms with van der Waals surface area (Å²) in [5.74, 6) is 0.816. The van der Waals surface area contributed by atoms with Gasteiger partial charge < -0.3 is 10.6 Å². The van der Waals surface area contributed by atoms with Crippen LogP contribution in [-0.4, -0.2) is 35.6 Å². The van der Waals surface area contributed by atoms with Gasteiger partial charge in [0.05, 0.1) is 11.6 Å². The molecule has 0 aliphatic carbocycles. The maximum atomic E-state index is 4.49. The van der Waals surface area contributed by atoms with Gasteiger partial charge in [-0.3, -0.25) is 4.68 Å². The summed E-state index contributed by atoms with van der Waals surface area (Å²) >= 11 is 0. The van der Waals surface area contributed by atoms with Crippen LogP contribution in [0.15, 0.2) is 12.3 Å². The molecule has 2 N–H and O–H groups in total. The first-order valence-corrected chi connectivity index (χ1v) is 8.54. The molecule has 1 aromatic rings. The van der Waals surface area contributed by atoms with E-state index in [2.05, 4.69) is 33.4 Å². The Balaban J connectivity index is 1.65. The number of piperidine rings is 1. The topological polar surface area (TPSA) is 41.9 Å². The number of rotatable bonds is 4. The van der Waals surface area contributed by atoms with Crippen molar-refractivity contribution in [2.45, 2.75) is 26.3 Å². The third-order valence-corrected chi connectivity index (χ3v) is 5.32.